The number of benzene rings is 5. The van der Waals surface area contributed by atoms with Crippen LogP contribution in [0.5, 0.6) is 0 Å². The fourth-order valence-corrected chi connectivity index (χ4v) is 10.3. The molecule has 2 fully saturated rings. The second kappa shape index (κ2) is 19.6. The summed E-state index contributed by atoms with van der Waals surface area (Å²) in [6, 6.07) is 38.5. The lowest BCUT2D eigenvalue weighted by Gasteiger charge is -2.42. The molecule has 322 valence electrons. The molecule has 1 atom stereocenters. The molecule has 3 heterocycles. The Morgan fingerprint density at radius 1 is 0.887 bits per heavy atom. The van der Waals surface area contributed by atoms with E-state index in [0.29, 0.717) is 29.9 Å². The van der Waals surface area contributed by atoms with Crippen LogP contribution in [0.4, 0.5) is 22.9 Å². The predicted molar refractivity (Wildman–Crippen MR) is 247 cm³/mol. The number of rotatable bonds is 17. The first-order valence-electron chi connectivity index (χ1n) is 20.9. The van der Waals surface area contributed by atoms with E-state index in [-0.39, 0.29) is 33.7 Å². The van der Waals surface area contributed by atoms with Crippen molar-refractivity contribution in [3.63, 3.8) is 0 Å². The second-order valence-electron chi connectivity index (χ2n) is 15.7. The molecule has 0 aliphatic carbocycles. The maximum Gasteiger partial charge on any atom is 0.293 e. The normalized spacial score (nSPS) is 16.2. The lowest BCUT2D eigenvalue weighted by Crippen LogP contribution is -2.47. The van der Waals surface area contributed by atoms with Gasteiger partial charge < -0.3 is 19.7 Å². The van der Waals surface area contributed by atoms with E-state index < -0.39 is 14.9 Å². The van der Waals surface area contributed by atoms with Gasteiger partial charge in [0, 0.05) is 80.1 Å². The van der Waals surface area contributed by atoms with E-state index in [9.17, 15) is 18.5 Å². The van der Waals surface area contributed by atoms with Gasteiger partial charge in [0.05, 0.1) is 34.2 Å². The van der Waals surface area contributed by atoms with Crippen molar-refractivity contribution in [3.05, 3.63) is 143 Å². The lowest BCUT2D eigenvalue weighted by atomic mass is 9.82. The molecule has 8 rings (SSSR count). The monoisotopic (exact) mass is 873 g/mol. The number of nitrogens with zero attached hydrogens (tertiary/aromatic N) is 5. The van der Waals surface area contributed by atoms with E-state index in [1.165, 1.54) is 35.2 Å². The standard InChI is InChI=1S/C47H51N7O6S2/c1-59-47(32-36-12-8-9-15-41(36)35-10-4-2-5-11-35)21-24-53(25-22-47)38-16-18-42-44(30-38)48-34-49-46(42)51-62(57,58)40-17-19-43(45(31-40)54(55)56)50-37(20-23-52-26-28-60-29-27-52)33-61-39-13-6-3-7-14-39/h2-19,30-31,34,37,50H,20-29,32-33H2,1H3,(H,48,49,51)/t37-/m1/s1. The number of sulfonamides is 1. The smallest absolute Gasteiger partial charge is 0.293 e. The van der Waals surface area contributed by atoms with Gasteiger partial charge in [-0.15, -0.1) is 11.8 Å². The highest BCUT2D eigenvalue weighted by atomic mass is 32.2. The van der Waals surface area contributed by atoms with E-state index in [2.05, 4.69) is 78.3 Å². The van der Waals surface area contributed by atoms with E-state index >= 15 is 0 Å². The average molecular weight is 874 g/mol. The second-order valence-corrected chi connectivity index (χ2v) is 18.5. The Hall–Kier alpha value is -5.58. The zero-order valence-corrected chi connectivity index (χ0v) is 36.3. The summed E-state index contributed by atoms with van der Waals surface area (Å²) in [4.78, 5) is 26.2. The Labute approximate surface area is 367 Å². The SMILES string of the molecule is COC1(Cc2ccccc2-c2ccccc2)CCN(c2ccc3c(NS(=O)(=O)c4ccc(N[C@H](CCN5CCOCC5)CSc5ccccc5)c([N+](=O)[O-])c4)ncnc3c2)CC1. The highest BCUT2D eigenvalue weighted by Gasteiger charge is 2.36. The molecule has 62 heavy (non-hydrogen) atoms. The van der Waals surface area contributed by atoms with Gasteiger partial charge in [-0.05, 0) is 78.4 Å². The predicted octanol–water partition coefficient (Wildman–Crippen LogP) is 8.53. The van der Waals surface area contributed by atoms with Gasteiger partial charge in [0.2, 0.25) is 0 Å². The topological polar surface area (TPSA) is 152 Å². The average Bonchev–Trinajstić information content (AvgIpc) is 3.31. The van der Waals surface area contributed by atoms with E-state index in [1.54, 1.807) is 18.9 Å². The number of methoxy groups -OCH3 is 1. The van der Waals surface area contributed by atoms with Gasteiger partial charge in [0.25, 0.3) is 15.7 Å². The number of hydrogen-bond donors (Lipinski definition) is 2. The van der Waals surface area contributed by atoms with Crippen molar-refractivity contribution >= 4 is 55.6 Å². The van der Waals surface area contributed by atoms with Gasteiger partial charge in [-0.3, -0.25) is 19.7 Å². The van der Waals surface area contributed by atoms with Crippen LogP contribution in [-0.2, 0) is 25.9 Å². The van der Waals surface area contributed by atoms with Gasteiger partial charge in [-0.1, -0.05) is 72.8 Å². The zero-order chi connectivity index (χ0) is 42.9. The van der Waals surface area contributed by atoms with Crippen LogP contribution in [0, 0.1) is 10.1 Å². The van der Waals surface area contributed by atoms with Crippen molar-refractivity contribution in [3.8, 4) is 11.1 Å². The fourth-order valence-electron chi connectivity index (χ4n) is 8.30. The summed E-state index contributed by atoms with van der Waals surface area (Å²) in [5, 5.41) is 16.3. The molecule has 0 bridgehead atoms. The van der Waals surface area contributed by atoms with Crippen LogP contribution in [0.3, 0.4) is 0 Å². The lowest BCUT2D eigenvalue weighted by molar-refractivity contribution is -0.384. The Morgan fingerprint density at radius 2 is 1.61 bits per heavy atom. The molecular weight excluding hydrogens is 823 g/mol. The number of ether oxygens (including phenoxy) is 2. The number of hydrogen-bond acceptors (Lipinski definition) is 12. The number of nitro benzene ring substituents is 1. The highest BCUT2D eigenvalue weighted by Crippen LogP contribution is 2.37. The number of anilines is 3. The van der Waals surface area contributed by atoms with E-state index in [0.717, 1.165) is 75.1 Å². The highest BCUT2D eigenvalue weighted by molar-refractivity contribution is 7.99. The number of nitro groups is 1. The molecule has 1 aromatic heterocycles. The van der Waals surface area contributed by atoms with Crippen LogP contribution in [0.1, 0.15) is 24.8 Å². The first-order valence-corrected chi connectivity index (χ1v) is 23.4. The van der Waals surface area contributed by atoms with Crippen molar-refractivity contribution in [2.45, 2.75) is 47.1 Å². The first kappa shape index (κ1) is 43.1. The maximum atomic E-state index is 13.9. The number of aromatic nitrogens is 2. The minimum Gasteiger partial charge on any atom is -0.379 e. The number of piperidine rings is 1. The van der Waals surface area contributed by atoms with Crippen LogP contribution >= 0.6 is 11.8 Å². The third kappa shape index (κ3) is 10.4. The Balaban J connectivity index is 0.954. The van der Waals surface area contributed by atoms with Crippen molar-refractivity contribution in [1.29, 1.82) is 0 Å². The fraction of sp³-hybridized carbons (Fsp3) is 0.319. The molecule has 0 amide bonds. The van der Waals surface area contributed by atoms with Crippen molar-refractivity contribution in [2.75, 3.05) is 73.7 Å². The number of nitrogens with one attached hydrogen (secondary N) is 2. The van der Waals surface area contributed by atoms with Crippen molar-refractivity contribution in [2.24, 2.45) is 0 Å². The molecule has 15 heteroatoms. The number of thioether (sulfide) groups is 1. The van der Waals surface area contributed by atoms with E-state index in [1.807, 2.05) is 54.6 Å². The number of fused-ring (bicyclic) bond motifs is 1. The minimum absolute atomic E-state index is 0.0849. The molecule has 0 saturated carbocycles. The van der Waals surface area contributed by atoms with Crippen LogP contribution in [0.2, 0.25) is 0 Å². The summed E-state index contributed by atoms with van der Waals surface area (Å²) in [5.74, 6) is 0.743. The Kier molecular flexibility index (Phi) is 13.6. The molecule has 2 saturated heterocycles. The van der Waals surface area contributed by atoms with Gasteiger partial charge in [0.15, 0.2) is 5.82 Å². The Bertz CT molecular complexity index is 2570. The summed E-state index contributed by atoms with van der Waals surface area (Å²) < 4.78 is 42.1. The van der Waals surface area contributed by atoms with Crippen LogP contribution in [-0.4, -0.2) is 98.7 Å². The molecule has 2 aliphatic rings. The van der Waals surface area contributed by atoms with Crippen molar-refractivity contribution < 1.29 is 22.8 Å². The first-order chi connectivity index (χ1) is 30.2. The third-order valence-corrected chi connectivity index (χ3v) is 14.4. The quantitative estimate of drug-likeness (QED) is 0.0514. The summed E-state index contributed by atoms with van der Waals surface area (Å²) in [7, 11) is -2.49. The summed E-state index contributed by atoms with van der Waals surface area (Å²) >= 11 is 1.67. The molecule has 5 aromatic carbocycles. The molecule has 2 aliphatic heterocycles. The molecule has 0 spiro atoms. The van der Waals surface area contributed by atoms with Crippen LogP contribution in [0.15, 0.2) is 137 Å². The van der Waals surface area contributed by atoms with Gasteiger partial charge in [-0.25, -0.2) is 18.4 Å². The Morgan fingerprint density at radius 3 is 2.35 bits per heavy atom. The summed E-state index contributed by atoms with van der Waals surface area (Å²) in [6.07, 6.45) is 4.49. The van der Waals surface area contributed by atoms with Crippen LogP contribution in [0.25, 0.3) is 22.0 Å². The van der Waals surface area contributed by atoms with Crippen LogP contribution < -0.4 is 14.9 Å². The molecule has 0 unspecified atom stereocenters. The summed E-state index contributed by atoms with van der Waals surface area (Å²) in [5.41, 5.74) is 4.80. The van der Waals surface area contributed by atoms with E-state index in [4.69, 9.17) is 9.47 Å². The van der Waals surface area contributed by atoms with Gasteiger partial charge in [-0.2, -0.15) is 0 Å². The third-order valence-electron chi connectivity index (χ3n) is 11.9. The molecule has 6 aromatic rings. The molecule has 0 radical (unpaired) electrons. The molecule has 2 N–H and O–H groups in total. The molecular formula is C47H51N7O6S2. The van der Waals surface area contributed by atoms with Gasteiger partial charge in [0.1, 0.15) is 12.0 Å². The van der Waals surface area contributed by atoms with Crippen molar-refractivity contribution in [1.82, 2.24) is 14.9 Å². The molecule has 13 nitrogen and oxygen atoms in total. The largest absolute Gasteiger partial charge is 0.379 e. The van der Waals surface area contributed by atoms with Gasteiger partial charge >= 0.3 is 0 Å². The maximum absolute atomic E-state index is 13.9. The zero-order valence-electron chi connectivity index (χ0n) is 34.7. The summed E-state index contributed by atoms with van der Waals surface area (Å²) in [6.45, 7) is 5.36. The minimum atomic E-state index is -4.29. The number of morpholine rings is 1.